The monoisotopic (exact) mass is 246 g/mol. The lowest BCUT2D eigenvalue weighted by molar-refractivity contribution is -0.148. The van der Waals surface area contributed by atoms with E-state index in [-0.39, 0.29) is 0 Å². The maximum absolute atomic E-state index is 11.7. The molecule has 1 atom stereocenters. The average molecular weight is 246 g/mol. The molecule has 0 aliphatic rings. The minimum absolute atomic E-state index is 0.747. The van der Waals surface area contributed by atoms with Gasteiger partial charge in [0.2, 0.25) is 5.60 Å². The lowest BCUT2D eigenvalue weighted by Gasteiger charge is -2.18. The van der Waals surface area contributed by atoms with Crippen molar-refractivity contribution in [2.24, 2.45) is 0 Å². The van der Waals surface area contributed by atoms with Crippen LogP contribution in [0, 0.1) is 0 Å². The van der Waals surface area contributed by atoms with Crippen LogP contribution in [0.5, 0.6) is 0 Å². The van der Waals surface area contributed by atoms with Crippen LogP contribution >= 0.6 is 0 Å². The number of hydrogen-bond donors (Lipinski definition) is 2. The van der Waals surface area contributed by atoms with Gasteiger partial charge in [-0.05, 0) is 17.7 Å². The van der Waals surface area contributed by atoms with Gasteiger partial charge in [-0.3, -0.25) is 9.59 Å². The van der Waals surface area contributed by atoms with Crippen molar-refractivity contribution >= 4 is 17.6 Å². The summed E-state index contributed by atoms with van der Waals surface area (Å²) >= 11 is 0. The van der Waals surface area contributed by atoms with Gasteiger partial charge in [-0.15, -0.1) is 0 Å². The number of hydrogen-bond acceptors (Lipinski definition) is 4. The van der Waals surface area contributed by atoms with Gasteiger partial charge in [0, 0.05) is 0 Å². The zero-order valence-electron chi connectivity index (χ0n) is 9.74. The minimum atomic E-state index is -2.44. The van der Waals surface area contributed by atoms with Gasteiger partial charge in [0.25, 0.3) is 0 Å². The highest BCUT2D eigenvalue weighted by Crippen LogP contribution is 2.11. The lowest BCUT2D eigenvalue weighted by Crippen LogP contribution is -2.48. The van der Waals surface area contributed by atoms with Crippen LogP contribution in [0.15, 0.2) is 49.1 Å². The van der Waals surface area contributed by atoms with E-state index < -0.39 is 23.8 Å². The summed E-state index contributed by atoms with van der Waals surface area (Å²) in [6.45, 7) is 2.20. The van der Waals surface area contributed by atoms with Crippen molar-refractivity contribution in [2.45, 2.75) is 5.60 Å². The third kappa shape index (κ3) is 3.00. The highest BCUT2D eigenvalue weighted by atomic mass is 16.3. The number of aliphatic hydroxyl groups is 2. The molecule has 0 saturated carbocycles. The van der Waals surface area contributed by atoms with E-state index in [1.807, 2.05) is 6.07 Å². The molecule has 0 aliphatic carbocycles. The predicted molar refractivity (Wildman–Crippen MR) is 67.7 cm³/mol. The number of carbonyl (C=O) groups excluding carboxylic acids is 2. The smallest absolute Gasteiger partial charge is 0.212 e. The van der Waals surface area contributed by atoms with Crippen molar-refractivity contribution in [3.05, 3.63) is 54.6 Å². The summed E-state index contributed by atoms with van der Waals surface area (Å²) in [6, 6.07) is 8.92. The molecule has 1 aromatic carbocycles. The Hall–Kier alpha value is -2.04. The van der Waals surface area contributed by atoms with Gasteiger partial charge < -0.3 is 10.2 Å². The van der Waals surface area contributed by atoms with Crippen LogP contribution in [-0.4, -0.2) is 34.0 Å². The summed E-state index contributed by atoms with van der Waals surface area (Å²) in [5.41, 5.74) is -1.69. The van der Waals surface area contributed by atoms with Crippen LogP contribution in [0.2, 0.25) is 0 Å². The largest absolute Gasteiger partial charge is 0.392 e. The van der Waals surface area contributed by atoms with Crippen molar-refractivity contribution in [1.29, 1.82) is 0 Å². The highest BCUT2D eigenvalue weighted by molar-refractivity contribution is 6.19. The molecule has 0 radical (unpaired) electrons. The zero-order valence-corrected chi connectivity index (χ0v) is 9.74. The quantitative estimate of drug-likeness (QED) is 0.573. The van der Waals surface area contributed by atoms with Gasteiger partial charge >= 0.3 is 0 Å². The Morgan fingerprint density at radius 3 is 2.33 bits per heavy atom. The standard InChI is InChI=1S/C14H14O4/c1-2-12(16)14(18,10-15)13(17)9-8-11-6-4-3-5-7-11/h2-9,15,18H,1,10H2. The van der Waals surface area contributed by atoms with E-state index in [2.05, 4.69) is 6.58 Å². The Balaban J connectivity index is 2.90. The predicted octanol–water partition coefficient (Wildman–Crippen LogP) is 0.747. The Labute approximate surface area is 105 Å². The normalized spacial score (nSPS) is 14.1. The lowest BCUT2D eigenvalue weighted by atomic mass is 9.93. The second-order valence-corrected chi connectivity index (χ2v) is 3.70. The van der Waals surface area contributed by atoms with E-state index in [0.717, 1.165) is 17.7 Å². The summed E-state index contributed by atoms with van der Waals surface area (Å²) in [4.78, 5) is 23.0. The fourth-order valence-electron chi connectivity index (χ4n) is 1.32. The maximum atomic E-state index is 11.7. The van der Waals surface area contributed by atoms with E-state index in [1.165, 1.54) is 6.08 Å². The van der Waals surface area contributed by atoms with Crippen molar-refractivity contribution in [3.8, 4) is 0 Å². The Bertz CT molecular complexity index is 476. The van der Waals surface area contributed by atoms with Gasteiger partial charge in [0.05, 0.1) is 6.61 Å². The number of ketones is 2. The van der Waals surface area contributed by atoms with Gasteiger partial charge in [0.1, 0.15) is 0 Å². The first-order chi connectivity index (χ1) is 8.54. The molecular weight excluding hydrogens is 232 g/mol. The summed E-state index contributed by atoms with van der Waals surface area (Å²) in [5, 5.41) is 18.7. The fourth-order valence-corrected chi connectivity index (χ4v) is 1.32. The van der Waals surface area contributed by atoms with E-state index in [1.54, 1.807) is 24.3 Å². The SMILES string of the molecule is C=CC(=O)C(O)(CO)C(=O)C=Cc1ccccc1. The molecule has 4 heteroatoms. The molecule has 4 nitrogen and oxygen atoms in total. The first-order valence-electron chi connectivity index (χ1n) is 5.32. The average Bonchev–Trinajstić information content (AvgIpc) is 2.43. The molecule has 0 saturated heterocycles. The van der Waals surface area contributed by atoms with E-state index in [4.69, 9.17) is 5.11 Å². The Morgan fingerprint density at radius 2 is 1.83 bits per heavy atom. The fraction of sp³-hybridized carbons (Fsp3) is 0.143. The van der Waals surface area contributed by atoms with E-state index >= 15 is 0 Å². The maximum Gasteiger partial charge on any atom is 0.212 e. The van der Waals surface area contributed by atoms with Gasteiger partial charge in [-0.25, -0.2) is 0 Å². The van der Waals surface area contributed by atoms with Crippen LogP contribution in [0.1, 0.15) is 5.56 Å². The molecule has 0 bridgehead atoms. The number of benzene rings is 1. The van der Waals surface area contributed by atoms with Crippen LogP contribution in [-0.2, 0) is 9.59 Å². The van der Waals surface area contributed by atoms with Crippen molar-refractivity contribution in [1.82, 2.24) is 0 Å². The molecule has 2 N–H and O–H groups in total. The number of aliphatic hydroxyl groups excluding tert-OH is 1. The Kier molecular flexibility index (Phi) is 4.71. The number of rotatable bonds is 6. The first kappa shape index (κ1) is 14.0. The van der Waals surface area contributed by atoms with Gasteiger partial charge in [0.15, 0.2) is 11.6 Å². The van der Waals surface area contributed by atoms with Gasteiger partial charge in [-0.1, -0.05) is 43.0 Å². The second kappa shape index (κ2) is 6.05. The van der Waals surface area contributed by atoms with E-state index in [9.17, 15) is 14.7 Å². The van der Waals surface area contributed by atoms with Crippen molar-refractivity contribution < 1.29 is 19.8 Å². The molecule has 0 aromatic heterocycles. The molecular formula is C14H14O4. The first-order valence-corrected chi connectivity index (χ1v) is 5.32. The van der Waals surface area contributed by atoms with Crippen LogP contribution in [0.25, 0.3) is 6.08 Å². The molecule has 0 fully saturated rings. The van der Waals surface area contributed by atoms with Crippen LogP contribution < -0.4 is 0 Å². The topological polar surface area (TPSA) is 74.6 Å². The molecule has 18 heavy (non-hydrogen) atoms. The summed E-state index contributed by atoms with van der Waals surface area (Å²) in [6.07, 6.45) is 3.33. The molecule has 0 heterocycles. The molecule has 0 amide bonds. The van der Waals surface area contributed by atoms with Crippen molar-refractivity contribution in [2.75, 3.05) is 6.61 Å². The second-order valence-electron chi connectivity index (χ2n) is 3.70. The molecule has 1 unspecified atom stereocenters. The zero-order chi connectivity index (χ0) is 13.6. The van der Waals surface area contributed by atoms with Crippen molar-refractivity contribution in [3.63, 3.8) is 0 Å². The van der Waals surface area contributed by atoms with Crippen LogP contribution in [0.4, 0.5) is 0 Å². The minimum Gasteiger partial charge on any atom is -0.392 e. The summed E-state index contributed by atoms with van der Waals surface area (Å²) < 4.78 is 0. The third-order valence-electron chi connectivity index (χ3n) is 2.46. The third-order valence-corrected chi connectivity index (χ3v) is 2.46. The molecule has 0 aliphatic heterocycles. The molecule has 1 aromatic rings. The summed E-state index contributed by atoms with van der Waals surface area (Å²) in [5.74, 6) is -1.80. The molecule has 0 spiro atoms. The van der Waals surface area contributed by atoms with Gasteiger partial charge in [-0.2, -0.15) is 0 Å². The Morgan fingerprint density at radius 1 is 1.22 bits per heavy atom. The molecule has 1 rings (SSSR count). The number of carbonyl (C=O) groups is 2. The summed E-state index contributed by atoms with van der Waals surface area (Å²) in [7, 11) is 0. The van der Waals surface area contributed by atoms with Crippen LogP contribution in [0.3, 0.4) is 0 Å². The highest BCUT2D eigenvalue weighted by Gasteiger charge is 2.39. The van der Waals surface area contributed by atoms with E-state index in [0.29, 0.717) is 0 Å². The molecule has 94 valence electrons.